The molecule has 1 N–H and O–H groups in total. The third-order valence-corrected chi connectivity index (χ3v) is 4.02. The zero-order valence-electron chi connectivity index (χ0n) is 13.2. The average molecular weight is 335 g/mol. The van der Waals surface area contributed by atoms with E-state index in [2.05, 4.69) is 5.32 Å². The lowest BCUT2D eigenvalue weighted by molar-refractivity contribution is -0.122. The number of amides is 1. The van der Waals surface area contributed by atoms with E-state index in [0.29, 0.717) is 11.6 Å². The summed E-state index contributed by atoms with van der Waals surface area (Å²) in [5.74, 6) is -0.360. The van der Waals surface area contributed by atoms with Crippen LogP contribution in [0.4, 0.5) is 4.39 Å². The van der Waals surface area contributed by atoms with Crippen LogP contribution in [0, 0.1) is 5.82 Å². The number of carbonyl (C=O) groups is 1. The van der Waals surface area contributed by atoms with E-state index in [-0.39, 0.29) is 24.3 Å². The first-order valence-corrected chi connectivity index (χ1v) is 7.80. The van der Waals surface area contributed by atoms with Gasteiger partial charge in [0, 0.05) is 17.6 Å². The molecule has 122 valence electrons. The normalized spacial score (nSPS) is 12.2. The minimum absolute atomic E-state index is 0.0743. The maximum absolute atomic E-state index is 12.8. The van der Waals surface area contributed by atoms with Crippen molar-refractivity contribution in [1.82, 2.24) is 10.2 Å². The molecule has 0 spiro atoms. The minimum atomic E-state index is -0.282. The highest BCUT2D eigenvalue weighted by Crippen LogP contribution is 2.21. The van der Waals surface area contributed by atoms with E-state index >= 15 is 0 Å². The van der Waals surface area contributed by atoms with Crippen LogP contribution in [-0.4, -0.2) is 24.4 Å². The number of hydrogen-bond donors (Lipinski definition) is 1. The first kappa shape index (κ1) is 17.4. The third kappa shape index (κ3) is 5.34. The van der Waals surface area contributed by atoms with Gasteiger partial charge in [-0.25, -0.2) is 4.39 Å². The van der Waals surface area contributed by atoms with Crippen molar-refractivity contribution in [3.05, 3.63) is 70.5 Å². The molecule has 0 aliphatic carbocycles. The van der Waals surface area contributed by atoms with Crippen molar-refractivity contribution < 1.29 is 9.18 Å². The molecule has 23 heavy (non-hydrogen) atoms. The second kappa shape index (κ2) is 8.09. The molecule has 0 aliphatic rings. The number of nitrogens with zero attached hydrogens (tertiary/aromatic N) is 1. The smallest absolute Gasteiger partial charge is 0.234 e. The van der Waals surface area contributed by atoms with Gasteiger partial charge < -0.3 is 5.32 Å². The van der Waals surface area contributed by atoms with Gasteiger partial charge in [-0.15, -0.1) is 0 Å². The fraction of sp³-hybridized carbons (Fsp3) is 0.278. The highest BCUT2D eigenvalue weighted by molar-refractivity contribution is 6.30. The average Bonchev–Trinajstić information content (AvgIpc) is 2.53. The lowest BCUT2D eigenvalue weighted by Crippen LogP contribution is -2.36. The van der Waals surface area contributed by atoms with Crippen LogP contribution in [0.3, 0.4) is 0 Å². The van der Waals surface area contributed by atoms with Gasteiger partial charge in [0.05, 0.1) is 6.54 Å². The predicted molar refractivity (Wildman–Crippen MR) is 90.7 cm³/mol. The molecule has 1 amide bonds. The number of benzene rings is 2. The number of halogens is 2. The molecule has 1 unspecified atom stereocenters. The fourth-order valence-corrected chi connectivity index (χ4v) is 2.44. The summed E-state index contributed by atoms with van der Waals surface area (Å²) in [6, 6.07) is 13.8. The van der Waals surface area contributed by atoms with Crippen LogP contribution in [0.5, 0.6) is 0 Å². The lowest BCUT2D eigenvalue weighted by Gasteiger charge is -2.24. The maximum atomic E-state index is 12.8. The minimum Gasteiger partial charge on any atom is -0.351 e. The Balaban J connectivity index is 1.85. The van der Waals surface area contributed by atoms with Gasteiger partial charge in [-0.2, -0.15) is 0 Å². The number of rotatable bonds is 6. The molecule has 0 radical (unpaired) electrons. The topological polar surface area (TPSA) is 32.3 Å². The molecule has 0 saturated heterocycles. The van der Waals surface area contributed by atoms with Crippen molar-refractivity contribution in [2.24, 2.45) is 0 Å². The molecule has 0 aromatic heterocycles. The van der Waals surface area contributed by atoms with Crippen LogP contribution in [0.15, 0.2) is 48.5 Å². The van der Waals surface area contributed by atoms with Crippen molar-refractivity contribution in [2.75, 3.05) is 13.6 Å². The molecule has 0 saturated carbocycles. The van der Waals surface area contributed by atoms with Crippen LogP contribution in [0.25, 0.3) is 0 Å². The quantitative estimate of drug-likeness (QED) is 0.871. The summed E-state index contributed by atoms with van der Waals surface area (Å²) in [5.41, 5.74) is 1.93. The van der Waals surface area contributed by atoms with Crippen molar-refractivity contribution in [1.29, 1.82) is 0 Å². The second-order valence-electron chi connectivity index (χ2n) is 5.55. The van der Waals surface area contributed by atoms with Crippen LogP contribution < -0.4 is 5.32 Å². The highest BCUT2D eigenvalue weighted by atomic mass is 35.5. The Morgan fingerprint density at radius 1 is 1.26 bits per heavy atom. The number of carbonyl (C=O) groups excluding carboxylic acids is 1. The Morgan fingerprint density at radius 2 is 1.96 bits per heavy atom. The van der Waals surface area contributed by atoms with E-state index in [1.165, 1.54) is 12.1 Å². The number of hydrogen-bond acceptors (Lipinski definition) is 2. The number of nitrogens with one attached hydrogen (secondary N) is 1. The standard InChI is InChI=1S/C18H20ClFN2O/c1-13(15-4-3-5-16(19)10-15)22(2)12-18(23)21-11-14-6-8-17(20)9-7-14/h3-10,13H,11-12H2,1-2H3,(H,21,23). The van der Waals surface area contributed by atoms with Gasteiger partial charge in [-0.3, -0.25) is 9.69 Å². The van der Waals surface area contributed by atoms with E-state index in [4.69, 9.17) is 11.6 Å². The van der Waals surface area contributed by atoms with Crippen molar-refractivity contribution in [3.63, 3.8) is 0 Å². The SMILES string of the molecule is CC(c1cccc(Cl)c1)N(C)CC(=O)NCc1ccc(F)cc1. The summed E-state index contributed by atoms with van der Waals surface area (Å²) >= 11 is 6.00. The molecule has 5 heteroatoms. The zero-order valence-corrected chi connectivity index (χ0v) is 14.0. The van der Waals surface area contributed by atoms with Gasteiger partial charge >= 0.3 is 0 Å². The highest BCUT2D eigenvalue weighted by Gasteiger charge is 2.15. The molecular weight excluding hydrogens is 315 g/mol. The largest absolute Gasteiger partial charge is 0.351 e. The van der Waals surface area contributed by atoms with Crippen LogP contribution in [0.1, 0.15) is 24.1 Å². The summed E-state index contributed by atoms with van der Waals surface area (Å²) in [6.07, 6.45) is 0. The molecule has 2 rings (SSSR count). The molecular formula is C18H20ClFN2O. The monoisotopic (exact) mass is 334 g/mol. The van der Waals surface area contributed by atoms with E-state index in [1.807, 2.05) is 43.1 Å². The van der Waals surface area contributed by atoms with Crippen molar-refractivity contribution >= 4 is 17.5 Å². The van der Waals surface area contributed by atoms with E-state index in [9.17, 15) is 9.18 Å². The molecule has 2 aromatic carbocycles. The van der Waals surface area contributed by atoms with Gasteiger partial charge in [0.1, 0.15) is 5.82 Å². The van der Waals surface area contributed by atoms with Gasteiger partial charge in [0.25, 0.3) is 0 Å². The van der Waals surface area contributed by atoms with Crippen LogP contribution in [-0.2, 0) is 11.3 Å². The Morgan fingerprint density at radius 3 is 2.61 bits per heavy atom. The van der Waals surface area contributed by atoms with Gasteiger partial charge in [-0.05, 0) is 49.4 Å². The summed E-state index contributed by atoms with van der Waals surface area (Å²) in [5, 5.41) is 3.52. The Labute approximate surface area is 141 Å². The van der Waals surface area contributed by atoms with Crippen LogP contribution >= 0.6 is 11.6 Å². The predicted octanol–water partition coefficient (Wildman–Crippen LogP) is 3.79. The maximum Gasteiger partial charge on any atom is 0.234 e. The van der Waals surface area contributed by atoms with Crippen molar-refractivity contribution in [2.45, 2.75) is 19.5 Å². The van der Waals surface area contributed by atoms with E-state index in [0.717, 1.165) is 11.1 Å². The second-order valence-corrected chi connectivity index (χ2v) is 5.99. The van der Waals surface area contributed by atoms with Gasteiger partial charge in [0.2, 0.25) is 5.91 Å². The molecule has 0 fully saturated rings. The van der Waals surface area contributed by atoms with Crippen LogP contribution in [0.2, 0.25) is 5.02 Å². The molecule has 2 aromatic rings. The fourth-order valence-electron chi connectivity index (χ4n) is 2.24. The van der Waals surface area contributed by atoms with Gasteiger partial charge in [-0.1, -0.05) is 35.9 Å². The first-order valence-electron chi connectivity index (χ1n) is 7.42. The Bertz CT molecular complexity index is 660. The lowest BCUT2D eigenvalue weighted by atomic mass is 10.1. The molecule has 1 atom stereocenters. The summed E-state index contributed by atoms with van der Waals surface area (Å²) in [6.45, 7) is 2.69. The Hall–Kier alpha value is -1.91. The van der Waals surface area contributed by atoms with E-state index in [1.54, 1.807) is 12.1 Å². The first-order chi connectivity index (χ1) is 11.0. The molecule has 0 aliphatic heterocycles. The molecule has 0 bridgehead atoms. The Kier molecular flexibility index (Phi) is 6.13. The molecule has 3 nitrogen and oxygen atoms in total. The summed E-state index contributed by atoms with van der Waals surface area (Å²) in [7, 11) is 1.89. The zero-order chi connectivity index (χ0) is 16.8. The number of likely N-dealkylation sites (N-methyl/N-ethyl adjacent to an activating group) is 1. The molecule has 0 heterocycles. The summed E-state index contributed by atoms with van der Waals surface area (Å²) < 4.78 is 12.8. The third-order valence-electron chi connectivity index (χ3n) is 3.79. The van der Waals surface area contributed by atoms with E-state index < -0.39 is 0 Å². The van der Waals surface area contributed by atoms with Gasteiger partial charge in [0.15, 0.2) is 0 Å². The summed E-state index contributed by atoms with van der Waals surface area (Å²) in [4.78, 5) is 14.0. The van der Waals surface area contributed by atoms with Crippen molar-refractivity contribution in [3.8, 4) is 0 Å².